The summed E-state index contributed by atoms with van der Waals surface area (Å²) in [5.74, 6) is 0.560. The van der Waals surface area contributed by atoms with Crippen molar-refractivity contribution in [2.75, 3.05) is 6.61 Å². The summed E-state index contributed by atoms with van der Waals surface area (Å²) in [7, 11) is 0. The maximum Gasteiger partial charge on any atom is 0.273 e. The average Bonchev–Trinajstić information content (AvgIpc) is 3.25. The van der Waals surface area contributed by atoms with Gasteiger partial charge < -0.3 is 19.3 Å². The third-order valence-corrected chi connectivity index (χ3v) is 6.76. The monoisotopic (exact) mass is 528 g/mol. The molecule has 0 amide bonds. The number of aliphatic hydroxyl groups is 1. The first-order chi connectivity index (χ1) is 18.3. The maximum atomic E-state index is 11.3. The Morgan fingerprint density at radius 2 is 1.50 bits per heavy atom. The van der Waals surface area contributed by atoms with Gasteiger partial charge in [0.05, 0.1) is 28.6 Å². The molecule has 5 atom stereocenters. The topological polar surface area (TPSA) is 134 Å². The number of aliphatic hydroxyl groups excluding tert-OH is 1. The molecule has 1 fully saturated rings. The number of nitro groups is 2. The van der Waals surface area contributed by atoms with Crippen LogP contribution in [0.15, 0.2) is 61.2 Å². The number of unbranched alkanes of at least 4 members (excludes halogenated alkanes) is 5. The predicted octanol–water partition coefficient (Wildman–Crippen LogP) is 6.01. The third kappa shape index (κ3) is 8.00. The Morgan fingerprint density at radius 1 is 0.947 bits per heavy atom. The van der Waals surface area contributed by atoms with Gasteiger partial charge >= 0.3 is 0 Å². The lowest BCUT2D eigenvalue weighted by molar-refractivity contribution is -0.385. The second-order valence-electron chi connectivity index (χ2n) is 9.61. The number of allylic oxidation sites excluding steroid dienone is 1. The zero-order chi connectivity index (χ0) is 27.5. The predicted molar refractivity (Wildman–Crippen MR) is 142 cm³/mol. The van der Waals surface area contributed by atoms with Crippen LogP contribution in [0.2, 0.25) is 0 Å². The lowest BCUT2D eigenvalue weighted by Gasteiger charge is -2.28. The van der Waals surface area contributed by atoms with Gasteiger partial charge in [-0.25, -0.2) is 0 Å². The van der Waals surface area contributed by atoms with Crippen LogP contribution in [0.1, 0.15) is 51.9 Å². The molecule has 0 bridgehead atoms. The van der Waals surface area contributed by atoms with Crippen molar-refractivity contribution >= 4 is 11.4 Å². The van der Waals surface area contributed by atoms with Gasteiger partial charge in [0, 0.05) is 12.1 Å². The van der Waals surface area contributed by atoms with Crippen LogP contribution in [0.3, 0.4) is 0 Å². The van der Waals surface area contributed by atoms with Crippen LogP contribution in [0, 0.1) is 26.1 Å². The molecule has 0 spiro atoms. The Bertz CT molecular complexity index is 1080. The zero-order valence-corrected chi connectivity index (χ0v) is 21.6. The molecule has 0 saturated carbocycles. The Labute approximate surface area is 222 Å². The Kier molecular flexibility index (Phi) is 11.0. The second kappa shape index (κ2) is 14.4. The Morgan fingerprint density at radius 3 is 2.05 bits per heavy atom. The Hall–Kier alpha value is -3.50. The molecule has 1 aliphatic rings. The van der Waals surface area contributed by atoms with Gasteiger partial charge in [-0.3, -0.25) is 20.2 Å². The molecule has 1 aliphatic heterocycles. The highest BCUT2D eigenvalue weighted by Gasteiger charge is 2.49. The number of benzene rings is 2. The fourth-order valence-electron chi connectivity index (χ4n) is 4.74. The van der Waals surface area contributed by atoms with Crippen molar-refractivity contribution in [3.63, 3.8) is 0 Å². The van der Waals surface area contributed by atoms with Gasteiger partial charge in [0.2, 0.25) is 0 Å². The lowest BCUT2D eigenvalue weighted by atomic mass is 9.92. The average molecular weight is 529 g/mol. The molecule has 10 nitrogen and oxygen atoms in total. The molecular formula is C28H36N2O8. The molecule has 1 unspecified atom stereocenters. The van der Waals surface area contributed by atoms with Gasteiger partial charge in [-0.1, -0.05) is 50.8 Å². The smallest absolute Gasteiger partial charge is 0.273 e. The molecule has 0 aromatic heterocycles. The van der Waals surface area contributed by atoms with Crippen molar-refractivity contribution in [1.29, 1.82) is 0 Å². The number of rotatable bonds is 16. The van der Waals surface area contributed by atoms with Crippen LogP contribution in [0.5, 0.6) is 11.5 Å². The van der Waals surface area contributed by atoms with Crippen molar-refractivity contribution in [3.8, 4) is 11.5 Å². The number of hydrogen-bond donors (Lipinski definition) is 1. The number of non-ortho nitro benzene ring substituents is 2. The molecule has 1 N–H and O–H groups in total. The van der Waals surface area contributed by atoms with Crippen LogP contribution in [-0.2, 0) is 4.74 Å². The van der Waals surface area contributed by atoms with Gasteiger partial charge in [-0.15, -0.1) is 6.58 Å². The molecule has 1 heterocycles. The highest BCUT2D eigenvalue weighted by atomic mass is 16.6. The van der Waals surface area contributed by atoms with Crippen molar-refractivity contribution in [2.24, 2.45) is 5.92 Å². The first-order valence-electron chi connectivity index (χ1n) is 13.0. The van der Waals surface area contributed by atoms with E-state index >= 15 is 0 Å². The maximum absolute atomic E-state index is 11.3. The first kappa shape index (κ1) is 29.1. The third-order valence-electron chi connectivity index (χ3n) is 6.76. The minimum Gasteiger partial charge on any atom is -0.483 e. The highest BCUT2D eigenvalue weighted by molar-refractivity contribution is 5.39. The molecule has 206 valence electrons. The summed E-state index contributed by atoms with van der Waals surface area (Å²) in [5, 5.41) is 32.6. The van der Waals surface area contributed by atoms with Crippen LogP contribution in [0.25, 0.3) is 0 Å². The summed E-state index contributed by atoms with van der Waals surface area (Å²) in [6.45, 7) is 5.46. The number of nitrogens with zero attached hydrogens (tertiary/aromatic N) is 2. The van der Waals surface area contributed by atoms with Crippen LogP contribution in [0.4, 0.5) is 11.4 Å². The fourth-order valence-corrected chi connectivity index (χ4v) is 4.74. The minimum atomic E-state index is -0.799. The SMILES string of the molecule is C=CCCCCCCCC(C)[C@H]1O[C@H](CO)[C@@H](Oc2cccc([N+](=O)[O-])c2)[C@@H]1Oc1cccc([N+](=O)[O-])c1. The fraction of sp³-hybridized carbons (Fsp3) is 0.500. The summed E-state index contributed by atoms with van der Waals surface area (Å²) in [6, 6.07) is 11.6. The molecule has 2 aromatic rings. The van der Waals surface area contributed by atoms with Gasteiger partial charge in [-0.05, 0) is 37.3 Å². The van der Waals surface area contributed by atoms with Crippen molar-refractivity contribution in [2.45, 2.75) is 76.3 Å². The van der Waals surface area contributed by atoms with Crippen molar-refractivity contribution < 1.29 is 29.2 Å². The number of ether oxygens (including phenoxy) is 3. The van der Waals surface area contributed by atoms with Crippen LogP contribution < -0.4 is 9.47 Å². The number of hydrogen-bond acceptors (Lipinski definition) is 8. The first-order valence-corrected chi connectivity index (χ1v) is 13.0. The normalized spacial score (nSPS) is 21.5. The van der Waals surface area contributed by atoms with E-state index in [2.05, 4.69) is 13.5 Å². The lowest BCUT2D eigenvalue weighted by Crippen LogP contribution is -2.44. The summed E-state index contributed by atoms with van der Waals surface area (Å²) in [4.78, 5) is 21.5. The largest absolute Gasteiger partial charge is 0.483 e. The minimum absolute atomic E-state index is 0.0413. The number of nitro benzene ring substituents is 2. The van der Waals surface area contributed by atoms with Gasteiger partial charge in [-0.2, -0.15) is 0 Å². The van der Waals surface area contributed by atoms with E-state index in [1.165, 1.54) is 36.4 Å². The van der Waals surface area contributed by atoms with Crippen LogP contribution >= 0.6 is 0 Å². The van der Waals surface area contributed by atoms with E-state index in [1.54, 1.807) is 12.1 Å². The standard InChI is InChI=1S/C28H36N2O8/c1-3-4-5-6-7-8-9-12-20(2)26-28(37-24-16-11-14-22(18-24)30(34)35)27(25(19-31)38-26)36-23-15-10-13-21(17-23)29(32)33/h3,10-11,13-18,20,25-28,31H,1,4-9,12,19H2,2H3/t20?,25-,26-,27-,28-/m1/s1. The van der Waals surface area contributed by atoms with E-state index in [-0.39, 0.29) is 35.4 Å². The molecule has 0 radical (unpaired) electrons. The highest BCUT2D eigenvalue weighted by Crippen LogP contribution is 2.36. The quantitative estimate of drug-likeness (QED) is 0.121. The van der Waals surface area contributed by atoms with Crippen LogP contribution in [-0.4, -0.2) is 46.0 Å². The molecule has 10 heteroatoms. The summed E-state index contributed by atoms with van der Waals surface area (Å²) in [6.07, 6.45) is 6.62. The van der Waals surface area contributed by atoms with E-state index < -0.39 is 34.3 Å². The van der Waals surface area contributed by atoms with Gasteiger partial charge in [0.15, 0.2) is 12.2 Å². The van der Waals surface area contributed by atoms with E-state index in [0.29, 0.717) is 0 Å². The van der Waals surface area contributed by atoms with E-state index in [0.717, 1.165) is 44.9 Å². The molecule has 38 heavy (non-hydrogen) atoms. The van der Waals surface area contributed by atoms with Crippen molar-refractivity contribution in [3.05, 3.63) is 81.4 Å². The summed E-state index contributed by atoms with van der Waals surface area (Å²) < 4.78 is 18.6. The molecule has 3 rings (SSSR count). The summed E-state index contributed by atoms with van der Waals surface area (Å²) in [5.41, 5.74) is -0.242. The molecule has 0 aliphatic carbocycles. The van der Waals surface area contributed by atoms with Gasteiger partial charge in [0.25, 0.3) is 11.4 Å². The molecular weight excluding hydrogens is 492 g/mol. The van der Waals surface area contributed by atoms with E-state index in [9.17, 15) is 25.3 Å². The Balaban J connectivity index is 1.79. The van der Waals surface area contributed by atoms with E-state index in [4.69, 9.17) is 14.2 Å². The zero-order valence-electron chi connectivity index (χ0n) is 21.6. The molecule has 2 aromatic carbocycles. The second-order valence-corrected chi connectivity index (χ2v) is 9.61. The van der Waals surface area contributed by atoms with Crippen molar-refractivity contribution in [1.82, 2.24) is 0 Å². The van der Waals surface area contributed by atoms with Gasteiger partial charge in [0.1, 0.15) is 23.7 Å². The van der Waals surface area contributed by atoms with E-state index in [1.807, 2.05) is 6.08 Å². The summed E-state index contributed by atoms with van der Waals surface area (Å²) >= 11 is 0. The molecule has 1 saturated heterocycles.